The van der Waals surface area contributed by atoms with Crippen LogP contribution in [0.5, 0.6) is 0 Å². The Hall–Kier alpha value is -1.89. The molecule has 0 radical (unpaired) electrons. The molecule has 0 fully saturated rings. The lowest BCUT2D eigenvalue weighted by molar-refractivity contribution is -0.122. The summed E-state index contributed by atoms with van der Waals surface area (Å²) in [4.78, 5) is 21.6. The summed E-state index contributed by atoms with van der Waals surface area (Å²) in [5.41, 5.74) is 9.05. The van der Waals surface area contributed by atoms with Crippen LogP contribution >= 0.6 is 0 Å². The number of hydrogen-bond donors (Lipinski definition) is 3. The molecule has 1 unspecified atom stereocenters. The number of aliphatic imine (C=N–C) groups is 1. The van der Waals surface area contributed by atoms with Crippen molar-refractivity contribution in [3.05, 3.63) is 12.0 Å². The zero-order chi connectivity index (χ0) is 10.1. The molecule has 7 heteroatoms. The van der Waals surface area contributed by atoms with Gasteiger partial charge in [0.1, 0.15) is 18.2 Å². The molecule has 14 heavy (non-hydrogen) atoms. The van der Waals surface area contributed by atoms with Crippen molar-refractivity contribution in [1.29, 1.82) is 0 Å². The van der Waals surface area contributed by atoms with E-state index >= 15 is 0 Å². The number of hydrogen-bond acceptors (Lipinski definition) is 5. The molecule has 1 amide bonds. The summed E-state index contributed by atoms with van der Waals surface area (Å²) in [7, 11) is 0. The molecule has 0 aliphatic carbocycles. The summed E-state index contributed by atoms with van der Waals surface area (Å²) in [5.74, 6) is 0.356. The van der Waals surface area contributed by atoms with E-state index in [0.29, 0.717) is 11.5 Å². The first-order valence-electron chi connectivity index (χ1n) is 4.07. The number of carbonyl (C=O) groups is 1. The molecule has 4 N–H and O–H groups in total. The van der Waals surface area contributed by atoms with Gasteiger partial charge < -0.3 is 10.7 Å². The van der Waals surface area contributed by atoms with Crippen LogP contribution in [-0.4, -0.2) is 27.2 Å². The summed E-state index contributed by atoms with van der Waals surface area (Å²) in [6.45, 7) is 1.41. The molecule has 74 valence electrons. The topological polar surface area (TPSA) is 99.4 Å². The standard InChI is InChI=1S/C7H10N6O/c1-4(14)12-13-3-11-7-5(6(13)8)9-2-10-7/h2-3,6H,8H2,1H3,(H,9,10)(H,12,14). The second-order valence-corrected chi connectivity index (χ2v) is 2.90. The Morgan fingerprint density at radius 1 is 1.79 bits per heavy atom. The first kappa shape index (κ1) is 8.70. The lowest BCUT2D eigenvalue weighted by Crippen LogP contribution is -2.47. The van der Waals surface area contributed by atoms with Gasteiger partial charge in [-0.2, -0.15) is 0 Å². The van der Waals surface area contributed by atoms with Crippen LogP contribution < -0.4 is 11.2 Å². The third-order valence-electron chi connectivity index (χ3n) is 1.83. The van der Waals surface area contributed by atoms with Gasteiger partial charge in [0.25, 0.3) is 0 Å². The van der Waals surface area contributed by atoms with Crippen molar-refractivity contribution in [1.82, 2.24) is 20.4 Å². The van der Waals surface area contributed by atoms with Crippen LogP contribution in [0.3, 0.4) is 0 Å². The highest BCUT2D eigenvalue weighted by molar-refractivity contribution is 5.76. The van der Waals surface area contributed by atoms with Gasteiger partial charge in [0.15, 0.2) is 5.82 Å². The highest BCUT2D eigenvalue weighted by Gasteiger charge is 2.23. The maximum absolute atomic E-state index is 10.8. The second kappa shape index (κ2) is 3.11. The zero-order valence-corrected chi connectivity index (χ0v) is 7.56. The SMILES string of the molecule is CC(=O)NN1C=Nc2nc[nH]c2C1N. The molecule has 1 atom stereocenters. The third kappa shape index (κ3) is 1.33. The molecular formula is C7H10N6O. The van der Waals surface area contributed by atoms with Crippen molar-refractivity contribution in [3.8, 4) is 0 Å². The number of nitrogens with zero attached hydrogens (tertiary/aromatic N) is 3. The Morgan fingerprint density at radius 3 is 3.29 bits per heavy atom. The molecule has 1 aliphatic heterocycles. The quantitative estimate of drug-likeness (QED) is 0.555. The molecule has 2 rings (SSSR count). The normalized spacial score (nSPS) is 19.3. The number of aromatic nitrogens is 2. The molecule has 0 aromatic carbocycles. The Balaban J connectivity index is 2.23. The number of nitrogens with one attached hydrogen (secondary N) is 2. The minimum atomic E-state index is -0.478. The predicted molar refractivity (Wildman–Crippen MR) is 49.3 cm³/mol. The Labute approximate surface area is 80.0 Å². The van der Waals surface area contributed by atoms with Gasteiger partial charge in [0, 0.05) is 6.92 Å². The average molecular weight is 194 g/mol. The van der Waals surface area contributed by atoms with E-state index in [-0.39, 0.29) is 5.91 Å². The van der Waals surface area contributed by atoms with Crippen molar-refractivity contribution in [2.24, 2.45) is 10.7 Å². The van der Waals surface area contributed by atoms with Gasteiger partial charge in [-0.3, -0.25) is 15.2 Å². The molecule has 1 aromatic rings. The van der Waals surface area contributed by atoms with Crippen molar-refractivity contribution in [2.75, 3.05) is 0 Å². The maximum atomic E-state index is 10.8. The van der Waals surface area contributed by atoms with E-state index in [1.54, 1.807) is 0 Å². The first-order chi connectivity index (χ1) is 6.68. The molecular weight excluding hydrogens is 184 g/mol. The fourth-order valence-electron chi connectivity index (χ4n) is 1.23. The van der Waals surface area contributed by atoms with Crippen molar-refractivity contribution in [2.45, 2.75) is 13.1 Å². The number of H-pyrrole nitrogens is 1. The van der Waals surface area contributed by atoms with Crippen LogP contribution in [0.1, 0.15) is 18.8 Å². The van der Waals surface area contributed by atoms with Crippen molar-refractivity contribution in [3.63, 3.8) is 0 Å². The fraction of sp³-hybridized carbons (Fsp3) is 0.286. The summed E-state index contributed by atoms with van der Waals surface area (Å²) >= 11 is 0. The lowest BCUT2D eigenvalue weighted by Gasteiger charge is -2.28. The average Bonchev–Trinajstić information content (AvgIpc) is 2.57. The Bertz CT molecular complexity index is 383. The number of imidazole rings is 1. The summed E-state index contributed by atoms with van der Waals surface area (Å²) in [5, 5.41) is 1.42. The zero-order valence-electron chi connectivity index (χ0n) is 7.56. The fourth-order valence-corrected chi connectivity index (χ4v) is 1.23. The number of fused-ring (bicyclic) bond motifs is 1. The van der Waals surface area contributed by atoms with E-state index in [1.807, 2.05) is 0 Å². The molecule has 0 saturated heterocycles. The van der Waals surface area contributed by atoms with Crippen LogP contribution in [-0.2, 0) is 4.79 Å². The van der Waals surface area contributed by atoms with E-state index in [4.69, 9.17) is 5.73 Å². The largest absolute Gasteiger partial charge is 0.344 e. The third-order valence-corrected chi connectivity index (χ3v) is 1.83. The number of hydrazine groups is 1. The van der Waals surface area contributed by atoms with Gasteiger partial charge in [0.05, 0.1) is 6.33 Å². The predicted octanol–water partition coefficient (Wildman–Crippen LogP) is -0.606. The lowest BCUT2D eigenvalue weighted by atomic mass is 10.3. The highest BCUT2D eigenvalue weighted by atomic mass is 16.2. The summed E-state index contributed by atoms with van der Waals surface area (Å²) in [6, 6.07) is 0. The van der Waals surface area contributed by atoms with E-state index in [2.05, 4.69) is 20.4 Å². The second-order valence-electron chi connectivity index (χ2n) is 2.90. The van der Waals surface area contributed by atoms with Gasteiger partial charge in [-0.25, -0.2) is 9.98 Å². The monoisotopic (exact) mass is 194 g/mol. The Kier molecular flexibility index (Phi) is 1.93. The van der Waals surface area contributed by atoms with E-state index in [1.165, 1.54) is 24.6 Å². The number of rotatable bonds is 1. The van der Waals surface area contributed by atoms with Gasteiger partial charge in [0.2, 0.25) is 5.91 Å². The maximum Gasteiger partial charge on any atom is 0.235 e. The van der Waals surface area contributed by atoms with Gasteiger partial charge in [-0.05, 0) is 0 Å². The van der Waals surface area contributed by atoms with Gasteiger partial charge in [-0.15, -0.1) is 0 Å². The van der Waals surface area contributed by atoms with Crippen LogP contribution in [0.15, 0.2) is 11.3 Å². The summed E-state index contributed by atoms with van der Waals surface area (Å²) in [6.07, 6.45) is 2.47. The smallest absolute Gasteiger partial charge is 0.235 e. The molecule has 0 bridgehead atoms. The van der Waals surface area contributed by atoms with Crippen LogP contribution in [0.2, 0.25) is 0 Å². The minimum absolute atomic E-state index is 0.199. The molecule has 7 nitrogen and oxygen atoms in total. The minimum Gasteiger partial charge on any atom is -0.344 e. The summed E-state index contributed by atoms with van der Waals surface area (Å²) < 4.78 is 0. The van der Waals surface area contributed by atoms with Crippen molar-refractivity contribution < 1.29 is 4.79 Å². The van der Waals surface area contributed by atoms with Gasteiger partial charge >= 0.3 is 0 Å². The molecule has 1 aliphatic rings. The van der Waals surface area contributed by atoms with Crippen molar-refractivity contribution >= 4 is 18.1 Å². The van der Waals surface area contributed by atoms with Crippen LogP contribution in [0, 0.1) is 0 Å². The molecule has 0 saturated carbocycles. The van der Waals surface area contributed by atoms with Crippen LogP contribution in [0.4, 0.5) is 5.82 Å². The first-order valence-corrected chi connectivity index (χ1v) is 4.07. The number of aromatic amines is 1. The van der Waals surface area contributed by atoms with Crippen LogP contribution in [0.25, 0.3) is 0 Å². The van der Waals surface area contributed by atoms with E-state index in [0.717, 1.165) is 0 Å². The van der Waals surface area contributed by atoms with E-state index in [9.17, 15) is 4.79 Å². The Morgan fingerprint density at radius 2 is 2.57 bits per heavy atom. The number of carbonyl (C=O) groups excluding carboxylic acids is 1. The van der Waals surface area contributed by atoms with E-state index < -0.39 is 6.17 Å². The molecule has 0 spiro atoms. The highest BCUT2D eigenvalue weighted by Crippen LogP contribution is 2.24. The molecule has 2 heterocycles. The number of nitrogens with two attached hydrogens (primary N) is 1. The molecule has 1 aromatic heterocycles. The number of amides is 1. The van der Waals surface area contributed by atoms with Gasteiger partial charge in [-0.1, -0.05) is 0 Å².